The van der Waals surface area contributed by atoms with Gasteiger partial charge in [0.15, 0.2) is 0 Å². The fourth-order valence-corrected chi connectivity index (χ4v) is 10.6. The highest BCUT2D eigenvalue weighted by Gasteiger charge is 2.28. The van der Waals surface area contributed by atoms with Crippen LogP contribution in [0.15, 0.2) is 113 Å². The molecule has 63 heavy (non-hydrogen) atoms. The first-order chi connectivity index (χ1) is 30.2. The molecule has 0 N–H and O–H groups in total. The largest absolute Gasteiger partial charge is 0.530 e. The summed E-state index contributed by atoms with van der Waals surface area (Å²) < 4.78 is 48.3. The molecule has 0 amide bonds. The topological polar surface area (TPSA) is 61.8 Å². The third-order valence-corrected chi connectivity index (χ3v) is 16.8. The molecule has 0 saturated carbocycles. The van der Waals surface area contributed by atoms with E-state index < -0.39 is 18.4 Å². The van der Waals surface area contributed by atoms with Crippen LogP contribution in [0, 0.1) is 0 Å². The van der Waals surface area contributed by atoms with Gasteiger partial charge in [0, 0.05) is 0 Å². The van der Waals surface area contributed by atoms with E-state index in [1.165, 1.54) is 43.8 Å². The van der Waals surface area contributed by atoms with Crippen LogP contribution in [0.1, 0.15) is 190 Å². The minimum absolute atomic E-state index is 0.193. The molecule has 6 rings (SSSR count). The molecule has 6 atom stereocenters. The second-order valence-electron chi connectivity index (χ2n) is 18.1. The van der Waals surface area contributed by atoms with Crippen molar-refractivity contribution in [3.63, 3.8) is 0 Å². The van der Waals surface area contributed by atoms with E-state index in [0.29, 0.717) is 29.4 Å². The first-order valence-electron chi connectivity index (χ1n) is 23.6. The van der Waals surface area contributed by atoms with E-state index in [1.54, 1.807) is 48.5 Å². The van der Waals surface area contributed by atoms with Crippen molar-refractivity contribution >= 4 is 40.0 Å². The molecule has 336 valence electrons. The normalized spacial score (nSPS) is 15.4. The smallest absolute Gasteiger partial charge is 0.409 e. The summed E-state index contributed by atoms with van der Waals surface area (Å²) in [7, 11) is -5.84. The molecule has 0 aliphatic rings. The zero-order chi connectivity index (χ0) is 45.6. The van der Waals surface area contributed by atoms with E-state index in [9.17, 15) is 8.42 Å². The lowest BCUT2D eigenvalue weighted by atomic mass is 9.85. The highest BCUT2D eigenvalue weighted by Crippen LogP contribution is 2.50. The third kappa shape index (κ3) is 10.6. The maximum Gasteiger partial charge on any atom is 0.530 e. The predicted octanol–water partition coefficient (Wildman–Crippen LogP) is 17.7. The van der Waals surface area contributed by atoms with Gasteiger partial charge in [-0.15, -0.1) is 0 Å². The molecule has 6 aromatic rings. The molecule has 6 unspecified atom stereocenters. The molecule has 0 aromatic heterocycles. The molecular formula is C56H71O5PS. The molecule has 0 heterocycles. The lowest BCUT2D eigenvalue weighted by Crippen LogP contribution is -2.08. The van der Waals surface area contributed by atoms with Gasteiger partial charge in [0.1, 0.15) is 17.2 Å². The average Bonchev–Trinajstić information content (AvgIpc) is 3.31. The Morgan fingerprint density at radius 3 is 1.21 bits per heavy atom. The van der Waals surface area contributed by atoms with Gasteiger partial charge in [0.05, 0.1) is 9.79 Å². The van der Waals surface area contributed by atoms with Gasteiger partial charge in [-0.25, -0.2) is 8.42 Å². The van der Waals surface area contributed by atoms with Gasteiger partial charge in [-0.05, 0) is 190 Å². The van der Waals surface area contributed by atoms with E-state index in [1.807, 2.05) is 6.07 Å². The fraction of sp³-hybridized carbons (Fsp3) is 0.429. The molecule has 0 aliphatic heterocycles. The van der Waals surface area contributed by atoms with Gasteiger partial charge in [-0.2, -0.15) is 0 Å². The molecule has 0 bridgehead atoms. The van der Waals surface area contributed by atoms with E-state index in [-0.39, 0.29) is 21.6 Å². The van der Waals surface area contributed by atoms with E-state index in [4.69, 9.17) is 13.6 Å². The van der Waals surface area contributed by atoms with Gasteiger partial charge >= 0.3 is 8.60 Å². The Morgan fingerprint density at radius 2 is 0.810 bits per heavy atom. The van der Waals surface area contributed by atoms with Crippen LogP contribution in [-0.4, -0.2) is 8.42 Å². The van der Waals surface area contributed by atoms with E-state index in [0.717, 1.165) is 61.2 Å². The fourth-order valence-electron chi connectivity index (χ4n) is 8.31. The molecule has 6 aromatic carbocycles. The zero-order valence-electron chi connectivity index (χ0n) is 39.9. The maximum absolute atomic E-state index is 13.6. The standard InChI is InChI=1S/C56H71O5PS/c1-13-36(7)42-28-44-32-51(40(11)17-5)55(34-53(44)49(30-42)38(9)15-3)60-62(59-46-24-26-48(27-25-46)63(57,58)47-22-20-19-21-23-47)61-56-35-54-45(33-52(56)41(12)18-6)29-43(37(8)14-2)31-50(54)39(10)16-4/h19-41H,13-18H2,1-12H3. The highest BCUT2D eigenvalue weighted by molar-refractivity contribution is 7.91. The Kier molecular flexibility index (Phi) is 16.1. The maximum atomic E-state index is 13.6. The summed E-state index contributed by atoms with van der Waals surface area (Å²) in [6.45, 7) is 27.2. The summed E-state index contributed by atoms with van der Waals surface area (Å²) >= 11 is 0. The van der Waals surface area contributed by atoms with Crippen LogP contribution in [-0.2, 0) is 9.84 Å². The Hall–Kier alpha value is -4.38. The lowest BCUT2D eigenvalue weighted by molar-refractivity contribution is 0.382. The quantitative estimate of drug-likeness (QED) is 0.0715. The highest BCUT2D eigenvalue weighted by atomic mass is 32.2. The average molecular weight is 887 g/mol. The number of sulfone groups is 1. The van der Waals surface area contributed by atoms with Gasteiger partial charge < -0.3 is 13.6 Å². The first kappa shape index (κ1) is 48.1. The second kappa shape index (κ2) is 21.1. The number of hydrogen-bond acceptors (Lipinski definition) is 5. The Morgan fingerprint density at radius 1 is 0.429 bits per heavy atom. The van der Waals surface area contributed by atoms with Crippen LogP contribution < -0.4 is 13.6 Å². The van der Waals surface area contributed by atoms with E-state index >= 15 is 0 Å². The molecular weight excluding hydrogens is 816 g/mol. The van der Waals surface area contributed by atoms with Crippen molar-refractivity contribution in [1.29, 1.82) is 0 Å². The number of benzene rings is 6. The summed E-state index contributed by atoms with van der Waals surface area (Å²) in [5, 5.41) is 4.83. The molecule has 0 radical (unpaired) electrons. The summed E-state index contributed by atoms with van der Waals surface area (Å²) in [6, 6.07) is 33.8. The van der Waals surface area contributed by atoms with Crippen LogP contribution in [0.2, 0.25) is 0 Å². The number of rotatable bonds is 20. The Balaban J connectivity index is 1.54. The van der Waals surface area contributed by atoms with Crippen molar-refractivity contribution < 1.29 is 22.0 Å². The molecule has 0 fully saturated rings. The Bertz CT molecular complexity index is 2460. The molecule has 0 aliphatic carbocycles. The summed E-state index contributed by atoms with van der Waals surface area (Å²) in [5.74, 6) is 3.98. The van der Waals surface area contributed by atoms with Crippen molar-refractivity contribution in [2.75, 3.05) is 0 Å². The van der Waals surface area contributed by atoms with Gasteiger partial charge in [-0.3, -0.25) is 0 Å². The van der Waals surface area contributed by atoms with Gasteiger partial charge in [0.25, 0.3) is 0 Å². The Labute approximate surface area is 380 Å². The van der Waals surface area contributed by atoms with Crippen LogP contribution in [0.5, 0.6) is 17.2 Å². The predicted molar refractivity (Wildman–Crippen MR) is 267 cm³/mol. The minimum atomic E-state index is -3.72. The van der Waals surface area contributed by atoms with Crippen molar-refractivity contribution in [1.82, 2.24) is 0 Å². The molecule has 5 nitrogen and oxygen atoms in total. The number of hydrogen-bond donors (Lipinski definition) is 0. The van der Waals surface area contributed by atoms with Crippen molar-refractivity contribution in [2.24, 2.45) is 0 Å². The third-order valence-electron chi connectivity index (χ3n) is 13.9. The molecule has 0 spiro atoms. The minimum Gasteiger partial charge on any atom is -0.409 e. The van der Waals surface area contributed by atoms with Gasteiger partial charge in [-0.1, -0.05) is 126 Å². The molecule has 7 heteroatoms. The van der Waals surface area contributed by atoms with Crippen LogP contribution >= 0.6 is 8.60 Å². The summed E-state index contributed by atoms with van der Waals surface area (Å²) in [5.41, 5.74) is 7.63. The zero-order valence-corrected chi connectivity index (χ0v) is 41.6. The van der Waals surface area contributed by atoms with Crippen molar-refractivity contribution in [3.05, 3.63) is 137 Å². The lowest BCUT2D eigenvalue weighted by Gasteiger charge is -2.26. The summed E-state index contributed by atoms with van der Waals surface area (Å²) in [6.07, 6.45) is 6.07. The van der Waals surface area contributed by atoms with Gasteiger partial charge in [0.2, 0.25) is 9.84 Å². The van der Waals surface area contributed by atoms with Crippen molar-refractivity contribution in [3.8, 4) is 17.2 Å². The summed E-state index contributed by atoms with van der Waals surface area (Å²) in [4.78, 5) is 0.439. The first-order valence-corrected chi connectivity index (χ1v) is 26.2. The van der Waals surface area contributed by atoms with Crippen molar-refractivity contribution in [2.45, 2.75) is 167 Å². The monoisotopic (exact) mass is 886 g/mol. The molecule has 0 saturated heterocycles. The second-order valence-corrected chi connectivity index (χ2v) is 21.0. The van der Waals surface area contributed by atoms with E-state index in [2.05, 4.69) is 132 Å². The SMILES string of the molecule is CCC(C)c1cc(C(C)CC)c2cc(OP(Oc3ccc(S(=O)(=O)c4ccccc4)cc3)Oc3cc4c(C(C)CC)cc(C(C)CC)cc4cc3C(C)CC)c(C(C)CC)cc2c1. The number of fused-ring (bicyclic) bond motifs is 2. The van der Waals surface area contributed by atoms with Crippen LogP contribution in [0.4, 0.5) is 0 Å². The van der Waals surface area contributed by atoms with Crippen LogP contribution in [0.3, 0.4) is 0 Å². The van der Waals surface area contributed by atoms with Crippen LogP contribution in [0.25, 0.3) is 21.5 Å².